The van der Waals surface area contributed by atoms with Gasteiger partial charge in [0, 0.05) is 13.1 Å². The Hall–Kier alpha value is -2.13. The molecule has 3 nitrogen and oxygen atoms in total. The van der Waals surface area contributed by atoms with Crippen LogP contribution < -0.4 is 5.32 Å². The van der Waals surface area contributed by atoms with Crippen LogP contribution in [-0.2, 0) is 4.79 Å². The number of nitrogens with zero attached hydrogens (tertiary/aromatic N) is 1. The van der Waals surface area contributed by atoms with Crippen molar-refractivity contribution in [1.82, 2.24) is 10.2 Å². The molecule has 0 bridgehead atoms. The molecule has 0 aromatic heterocycles. The van der Waals surface area contributed by atoms with E-state index < -0.39 is 0 Å². The number of nitrogens with one attached hydrogen (secondary N) is 1. The number of benzene rings is 2. The SMILES string of the molecule is C[C@@H]1C[C@@H](C)CN(C(=O)[C@@H](C)NC(c2ccccc2)c2ccccc2)C1. The molecule has 0 saturated carbocycles. The fourth-order valence-electron chi connectivity index (χ4n) is 4.11. The molecule has 138 valence electrons. The Morgan fingerprint density at radius 1 is 0.923 bits per heavy atom. The molecule has 1 aliphatic rings. The first kappa shape index (κ1) is 18.7. The van der Waals surface area contributed by atoms with Crippen molar-refractivity contribution in [2.45, 2.75) is 39.3 Å². The molecule has 0 aliphatic carbocycles. The van der Waals surface area contributed by atoms with Gasteiger partial charge in [-0.2, -0.15) is 0 Å². The molecule has 1 saturated heterocycles. The third-order valence-electron chi connectivity index (χ3n) is 5.23. The summed E-state index contributed by atoms with van der Waals surface area (Å²) in [6.45, 7) is 8.22. The molecule has 2 aromatic rings. The van der Waals surface area contributed by atoms with Crippen LogP contribution in [0.25, 0.3) is 0 Å². The third-order valence-corrected chi connectivity index (χ3v) is 5.23. The summed E-state index contributed by atoms with van der Waals surface area (Å²) >= 11 is 0. The average molecular weight is 351 g/mol. The van der Waals surface area contributed by atoms with Gasteiger partial charge in [0.15, 0.2) is 0 Å². The quantitative estimate of drug-likeness (QED) is 0.874. The summed E-state index contributed by atoms with van der Waals surface area (Å²) in [7, 11) is 0. The van der Waals surface area contributed by atoms with Crippen LogP contribution in [0.1, 0.15) is 44.4 Å². The Morgan fingerprint density at radius 2 is 1.38 bits per heavy atom. The highest BCUT2D eigenvalue weighted by Crippen LogP contribution is 2.24. The number of amides is 1. The van der Waals surface area contributed by atoms with Gasteiger partial charge in [-0.25, -0.2) is 0 Å². The molecule has 3 atom stereocenters. The molecule has 1 aliphatic heterocycles. The van der Waals surface area contributed by atoms with Crippen LogP contribution in [0.2, 0.25) is 0 Å². The zero-order chi connectivity index (χ0) is 18.5. The highest BCUT2D eigenvalue weighted by Gasteiger charge is 2.29. The maximum atomic E-state index is 13.1. The topological polar surface area (TPSA) is 32.3 Å². The van der Waals surface area contributed by atoms with Gasteiger partial charge in [-0.1, -0.05) is 74.5 Å². The highest BCUT2D eigenvalue weighted by atomic mass is 16.2. The van der Waals surface area contributed by atoms with Gasteiger partial charge >= 0.3 is 0 Å². The standard InChI is InChI=1S/C23H30N2O/c1-17-14-18(2)16-25(15-17)23(26)19(3)24-22(20-10-6-4-7-11-20)21-12-8-5-9-13-21/h4-13,17-19,22,24H,14-16H2,1-3H3/t17-,18-,19-/m1/s1. The molecular formula is C23H30N2O. The number of hydrogen-bond donors (Lipinski definition) is 1. The molecule has 1 N–H and O–H groups in total. The first-order valence-corrected chi connectivity index (χ1v) is 9.69. The molecule has 1 fully saturated rings. The van der Waals surface area contributed by atoms with Crippen molar-refractivity contribution in [2.24, 2.45) is 11.8 Å². The summed E-state index contributed by atoms with van der Waals surface area (Å²) in [6.07, 6.45) is 1.21. The molecule has 0 radical (unpaired) electrons. The Kier molecular flexibility index (Phi) is 6.10. The van der Waals surface area contributed by atoms with Crippen LogP contribution in [0.3, 0.4) is 0 Å². The first-order valence-electron chi connectivity index (χ1n) is 9.69. The molecule has 0 spiro atoms. The summed E-state index contributed by atoms with van der Waals surface area (Å²) in [5, 5.41) is 3.59. The van der Waals surface area contributed by atoms with E-state index in [9.17, 15) is 4.79 Å². The van der Waals surface area contributed by atoms with Crippen molar-refractivity contribution < 1.29 is 4.79 Å². The predicted octanol–water partition coefficient (Wildman–Crippen LogP) is 4.26. The normalized spacial score (nSPS) is 21.6. The average Bonchev–Trinajstić information content (AvgIpc) is 2.66. The van der Waals surface area contributed by atoms with E-state index in [0.717, 1.165) is 13.1 Å². The van der Waals surface area contributed by atoms with E-state index in [4.69, 9.17) is 0 Å². The summed E-state index contributed by atoms with van der Waals surface area (Å²) in [5.74, 6) is 1.36. The van der Waals surface area contributed by atoms with E-state index in [2.05, 4.69) is 43.4 Å². The molecule has 3 heteroatoms. The van der Waals surface area contributed by atoms with Gasteiger partial charge in [0.25, 0.3) is 0 Å². The van der Waals surface area contributed by atoms with Crippen LogP contribution >= 0.6 is 0 Å². The van der Waals surface area contributed by atoms with Gasteiger partial charge in [0.1, 0.15) is 0 Å². The van der Waals surface area contributed by atoms with Gasteiger partial charge in [-0.05, 0) is 36.3 Å². The molecule has 3 rings (SSSR count). The molecule has 1 amide bonds. The van der Waals surface area contributed by atoms with Gasteiger partial charge in [0.05, 0.1) is 12.1 Å². The zero-order valence-electron chi connectivity index (χ0n) is 16.1. The van der Waals surface area contributed by atoms with Crippen LogP contribution in [-0.4, -0.2) is 29.9 Å². The van der Waals surface area contributed by atoms with Crippen molar-refractivity contribution in [3.05, 3.63) is 71.8 Å². The smallest absolute Gasteiger partial charge is 0.239 e. The minimum absolute atomic E-state index is 0.0102. The lowest BCUT2D eigenvalue weighted by Gasteiger charge is -2.37. The van der Waals surface area contributed by atoms with E-state index in [1.54, 1.807) is 0 Å². The minimum atomic E-state index is -0.224. The van der Waals surface area contributed by atoms with Crippen LogP contribution in [0.5, 0.6) is 0 Å². The fraction of sp³-hybridized carbons (Fsp3) is 0.435. The molecular weight excluding hydrogens is 320 g/mol. The van der Waals surface area contributed by atoms with Gasteiger partial charge < -0.3 is 4.90 Å². The number of rotatable bonds is 5. The molecule has 2 aromatic carbocycles. The van der Waals surface area contributed by atoms with E-state index in [1.807, 2.05) is 48.2 Å². The Labute approximate surface area is 157 Å². The van der Waals surface area contributed by atoms with Gasteiger partial charge in [-0.15, -0.1) is 0 Å². The summed E-state index contributed by atoms with van der Waals surface area (Å²) in [4.78, 5) is 15.1. The van der Waals surface area contributed by atoms with Crippen molar-refractivity contribution in [3.8, 4) is 0 Å². The van der Waals surface area contributed by atoms with E-state index in [0.29, 0.717) is 11.8 Å². The van der Waals surface area contributed by atoms with Gasteiger partial charge in [0.2, 0.25) is 5.91 Å². The van der Waals surface area contributed by atoms with Crippen molar-refractivity contribution in [1.29, 1.82) is 0 Å². The van der Waals surface area contributed by atoms with Gasteiger partial charge in [-0.3, -0.25) is 10.1 Å². The summed E-state index contributed by atoms with van der Waals surface area (Å²) < 4.78 is 0. The first-order chi connectivity index (χ1) is 12.5. The minimum Gasteiger partial charge on any atom is -0.341 e. The lowest BCUT2D eigenvalue weighted by Crippen LogP contribution is -2.50. The second-order valence-corrected chi connectivity index (χ2v) is 7.83. The Balaban J connectivity index is 1.77. The van der Waals surface area contributed by atoms with Crippen LogP contribution in [0.4, 0.5) is 0 Å². The maximum absolute atomic E-state index is 13.1. The lowest BCUT2D eigenvalue weighted by molar-refractivity contribution is -0.135. The van der Waals surface area contributed by atoms with E-state index in [1.165, 1.54) is 17.5 Å². The molecule has 1 heterocycles. The summed E-state index contributed by atoms with van der Waals surface area (Å²) in [6, 6.07) is 20.5. The number of carbonyl (C=O) groups is 1. The van der Waals surface area contributed by atoms with E-state index in [-0.39, 0.29) is 18.0 Å². The largest absolute Gasteiger partial charge is 0.341 e. The summed E-state index contributed by atoms with van der Waals surface area (Å²) in [5.41, 5.74) is 2.36. The fourth-order valence-corrected chi connectivity index (χ4v) is 4.11. The second kappa shape index (κ2) is 8.50. The van der Waals surface area contributed by atoms with Crippen molar-refractivity contribution >= 4 is 5.91 Å². The molecule has 0 unspecified atom stereocenters. The van der Waals surface area contributed by atoms with Crippen molar-refractivity contribution in [3.63, 3.8) is 0 Å². The number of hydrogen-bond acceptors (Lipinski definition) is 2. The van der Waals surface area contributed by atoms with E-state index >= 15 is 0 Å². The third kappa shape index (κ3) is 4.53. The Bertz CT molecular complexity index is 651. The number of piperidine rings is 1. The molecule has 26 heavy (non-hydrogen) atoms. The predicted molar refractivity (Wildman–Crippen MR) is 107 cm³/mol. The Morgan fingerprint density at radius 3 is 1.85 bits per heavy atom. The number of carbonyl (C=O) groups excluding carboxylic acids is 1. The van der Waals surface area contributed by atoms with Crippen molar-refractivity contribution in [2.75, 3.05) is 13.1 Å². The highest BCUT2D eigenvalue weighted by molar-refractivity contribution is 5.81. The maximum Gasteiger partial charge on any atom is 0.239 e. The monoisotopic (exact) mass is 350 g/mol. The van der Waals surface area contributed by atoms with Crippen LogP contribution in [0.15, 0.2) is 60.7 Å². The number of likely N-dealkylation sites (tertiary alicyclic amines) is 1. The zero-order valence-corrected chi connectivity index (χ0v) is 16.1. The lowest BCUT2D eigenvalue weighted by atomic mass is 9.91. The van der Waals surface area contributed by atoms with Crippen LogP contribution in [0, 0.1) is 11.8 Å². The second-order valence-electron chi connectivity index (χ2n) is 7.83.